The number of benzene rings is 1. The molecule has 0 unspecified atom stereocenters. The maximum atomic E-state index is 12.3. The molecule has 4 heteroatoms. The number of carbonyl (C=O) groups is 2. The molecular weight excluding hydrogens is 254 g/mol. The fourth-order valence-corrected chi connectivity index (χ4v) is 2.72. The zero-order valence-corrected chi connectivity index (χ0v) is 11.8. The van der Waals surface area contributed by atoms with Crippen LogP contribution in [0.2, 0.25) is 0 Å². The van der Waals surface area contributed by atoms with Gasteiger partial charge in [0, 0.05) is 18.5 Å². The summed E-state index contributed by atoms with van der Waals surface area (Å²) in [6.45, 7) is 2.12. The third kappa shape index (κ3) is 3.00. The van der Waals surface area contributed by atoms with Gasteiger partial charge in [-0.2, -0.15) is 0 Å². The largest absolute Gasteiger partial charge is 0.480 e. The van der Waals surface area contributed by atoms with E-state index in [1.54, 1.807) is 0 Å². The second-order valence-corrected chi connectivity index (χ2v) is 5.26. The molecule has 4 nitrogen and oxygen atoms in total. The van der Waals surface area contributed by atoms with Crippen LogP contribution in [0, 0.1) is 0 Å². The summed E-state index contributed by atoms with van der Waals surface area (Å²) >= 11 is 0. The van der Waals surface area contributed by atoms with Crippen molar-refractivity contribution < 1.29 is 14.7 Å². The van der Waals surface area contributed by atoms with Gasteiger partial charge in [-0.3, -0.25) is 9.69 Å². The van der Waals surface area contributed by atoms with Crippen molar-refractivity contribution in [1.82, 2.24) is 0 Å². The highest BCUT2D eigenvalue weighted by Crippen LogP contribution is 2.32. The van der Waals surface area contributed by atoms with Gasteiger partial charge in [-0.25, -0.2) is 4.79 Å². The van der Waals surface area contributed by atoms with Crippen LogP contribution in [0.3, 0.4) is 0 Å². The molecule has 0 aromatic heterocycles. The van der Waals surface area contributed by atoms with E-state index in [1.807, 2.05) is 24.3 Å². The Kier molecular flexibility index (Phi) is 4.77. The van der Waals surface area contributed by atoms with E-state index in [2.05, 4.69) is 6.92 Å². The molecule has 0 spiro atoms. The lowest BCUT2D eigenvalue weighted by atomic mass is 10.1. The van der Waals surface area contributed by atoms with Crippen molar-refractivity contribution in [3.05, 3.63) is 29.8 Å². The Morgan fingerprint density at radius 1 is 1.25 bits per heavy atom. The van der Waals surface area contributed by atoms with Gasteiger partial charge in [0.2, 0.25) is 5.91 Å². The van der Waals surface area contributed by atoms with Gasteiger partial charge in [0.1, 0.15) is 6.04 Å². The van der Waals surface area contributed by atoms with Crippen LogP contribution >= 0.6 is 0 Å². The lowest BCUT2D eigenvalue weighted by Gasteiger charge is -2.22. The van der Waals surface area contributed by atoms with E-state index in [1.165, 1.54) is 4.90 Å². The molecule has 20 heavy (non-hydrogen) atoms. The van der Waals surface area contributed by atoms with Crippen LogP contribution in [0.1, 0.15) is 44.6 Å². The van der Waals surface area contributed by atoms with Gasteiger partial charge in [-0.15, -0.1) is 0 Å². The monoisotopic (exact) mass is 275 g/mol. The van der Waals surface area contributed by atoms with Gasteiger partial charge in [0.25, 0.3) is 0 Å². The van der Waals surface area contributed by atoms with Crippen molar-refractivity contribution in [2.45, 2.75) is 51.5 Å². The van der Waals surface area contributed by atoms with Crippen molar-refractivity contribution in [2.75, 3.05) is 4.90 Å². The van der Waals surface area contributed by atoms with Crippen LogP contribution in [0.15, 0.2) is 24.3 Å². The summed E-state index contributed by atoms with van der Waals surface area (Å²) in [5, 5.41) is 9.32. The number of hydrogen-bond donors (Lipinski definition) is 1. The van der Waals surface area contributed by atoms with Crippen LogP contribution in [-0.2, 0) is 16.0 Å². The topological polar surface area (TPSA) is 57.6 Å². The Morgan fingerprint density at radius 2 is 2.00 bits per heavy atom. The van der Waals surface area contributed by atoms with Gasteiger partial charge in [0.15, 0.2) is 0 Å². The minimum absolute atomic E-state index is 0.0709. The van der Waals surface area contributed by atoms with Crippen molar-refractivity contribution >= 4 is 17.6 Å². The van der Waals surface area contributed by atoms with E-state index in [0.717, 1.165) is 36.9 Å². The summed E-state index contributed by atoms with van der Waals surface area (Å²) in [7, 11) is 0. The first-order valence-electron chi connectivity index (χ1n) is 7.28. The van der Waals surface area contributed by atoms with Gasteiger partial charge >= 0.3 is 5.97 Å². The molecule has 0 aliphatic carbocycles. The van der Waals surface area contributed by atoms with E-state index < -0.39 is 12.0 Å². The maximum Gasteiger partial charge on any atom is 0.327 e. The molecule has 108 valence electrons. The van der Waals surface area contributed by atoms with Gasteiger partial charge < -0.3 is 5.11 Å². The fourth-order valence-electron chi connectivity index (χ4n) is 2.72. The molecule has 0 radical (unpaired) electrons. The third-order valence-corrected chi connectivity index (χ3v) is 3.77. The molecule has 1 heterocycles. The van der Waals surface area contributed by atoms with Crippen molar-refractivity contribution in [3.8, 4) is 0 Å². The van der Waals surface area contributed by atoms with Crippen molar-refractivity contribution in [2.24, 2.45) is 0 Å². The second kappa shape index (κ2) is 6.55. The number of carboxylic acid groups (broad SMARTS) is 1. The van der Waals surface area contributed by atoms with E-state index in [4.69, 9.17) is 0 Å². The average molecular weight is 275 g/mol. The highest BCUT2D eigenvalue weighted by Gasteiger charge is 2.37. The molecule has 1 amide bonds. The van der Waals surface area contributed by atoms with Crippen LogP contribution in [0.4, 0.5) is 5.69 Å². The number of fused-ring (bicyclic) bond motifs is 1. The van der Waals surface area contributed by atoms with E-state index >= 15 is 0 Å². The highest BCUT2D eigenvalue weighted by molar-refractivity contribution is 6.01. The van der Waals surface area contributed by atoms with Crippen LogP contribution < -0.4 is 4.90 Å². The predicted molar refractivity (Wildman–Crippen MR) is 77.8 cm³/mol. The number of para-hydroxylation sites is 1. The summed E-state index contributed by atoms with van der Waals surface area (Å²) in [4.78, 5) is 25.2. The summed E-state index contributed by atoms with van der Waals surface area (Å²) in [6.07, 6.45) is 4.93. The first-order chi connectivity index (χ1) is 9.65. The number of amides is 1. The van der Waals surface area contributed by atoms with Crippen molar-refractivity contribution in [1.29, 1.82) is 0 Å². The molecule has 0 saturated heterocycles. The smallest absolute Gasteiger partial charge is 0.327 e. The number of unbranched alkanes of at least 4 members (excludes halogenated alkanes) is 3. The molecule has 2 rings (SSSR count). The summed E-state index contributed by atoms with van der Waals surface area (Å²) in [5.41, 5.74) is 1.71. The summed E-state index contributed by atoms with van der Waals surface area (Å²) < 4.78 is 0. The summed E-state index contributed by atoms with van der Waals surface area (Å²) in [6, 6.07) is 6.72. The maximum absolute atomic E-state index is 12.3. The van der Waals surface area contributed by atoms with E-state index in [-0.39, 0.29) is 5.91 Å². The molecule has 1 atom stereocenters. The molecule has 1 aliphatic rings. The quantitative estimate of drug-likeness (QED) is 0.812. The van der Waals surface area contributed by atoms with Gasteiger partial charge in [-0.1, -0.05) is 44.4 Å². The second-order valence-electron chi connectivity index (χ2n) is 5.26. The Hall–Kier alpha value is -1.84. The highest BCUT2D eigenvalue weighted by atomic mass is 16.4. The Balaban J connectivity index is 2.10. The SMILES string of the molecule is CCCCCCC(=O)N1c2ccccc2C[C@H]1C(=O)O. The molecule has 0 saturated carbocycles. The van der Waals surface area contributed by atoms with Gasteiger partial charge in [-0.05, 0) is 18.1 Å². The van der Waals surface area contributed by atoms with E-state index in [9.17, 15) is 14.7 Å². The fraction of sp³-hybridized carbons (Fsp3) is 0.500. The molecule has 1 aromatic rings. The first-order valence-corrected chi connectivity index (χ1v) is 7.28. The van der Waals surface area contributed by atoms with Crippen molar-refractivity contribution in [3.63, 3.8) is 0 Å². The molecule has 0 bridgehead atoms. The molecule has 0 fully saturated rings. The standard InChI is InChI=1S/C16H21NO3/c1-2-3-4-5-10-15(18)17-13-9-7-6-8-12(13)11-14(17)16(19)20/h6-9,14H,2-5,10-11H2,1H3,(H,19,20)/t14-/m0/s1. The van der Waals surface area contributed by atoms with E-state index in [0.29, 0.717) is 12.8 Å². The number of rotatable bonds is 6. The minimum atomic E-state index is -0.928. The normalized spacial score (nSPS) is 17.1. The molecule has 1 aromatic carbocycles. The number of aliphatic carboxylic acids is 1. The summed E-state index contributed by atoms with van der Waals surface area (Å²) in [5.74, 6) is -0.999. The number of hydrogen-bond acceptors (Lipinski definition) is 2. The lowest BCUT2D eigenvalue weighted by Crippen LogP contribution is -2.42. The van der Waals surface area contributed by atoms with Crippen LogP contribution in [0.25, 0.3) is 0 Å². The number of nitrogens with zero attached hydrogens (tertiary/aromatic N) is 1. The number of anilines is 1. The Labute approximate surface area is 119 Å². The lowest BCUT2D eigenvalue weighted by molar-refractivity contribution is -0.139. The molecular formula is C16H21NO3. The minimum Gasteiger partial charge on any atom is -0.480 e. The third-order valence-electron chi connectivity index (χ3n) is 3.77. The van der Waals surface area contributed by atoms with Gasteiger partial charge in [0.05, 0.1) is 0 Å². The zero-order chi connectivity index (χ0) is 14.5. The molecule has 1 aliphatic heterocycles. The number of carboxylic acids is 1. The average Bonchev–Trinajstić information content (AvgIpc) is 2.83. The number of carbonyl (C=O) groups excluding carboxylic acids is 1. The predicted octanol–water partition coefficient (Wildman–Crippen LogP) is 3.00. The first kappa shape index (κ1) is 14.6. The molecule has 1 N–H and O–H groups in total. The Morgan fingerprint density at radius 3 is 2.70 bits per heavy atom. The zero-order valence-electron chi connectivity index (χ0n) is 11.8. The Bertz CT molecular complexity index is 498. The van der Waals surface area contributed by atoms with Crippen LogP contribution in [-0.4, -0.2) is 23.0 Å². The van der Waals surface area contributed by atoms with Crippen LogP contribution in [0.5, 0.6) is 0 Å².